The first-order valence-electron chi connectivity index (χ1n) is 9.08. The summed E-state index contributed by atoms with van der Waals surface area (Å²) in [5.41, 5.74) is 4.63. The van der Waals surface area contributed by atoms with Gasteiger partial charge in [0.15, 0.2) is 0 Å². The van der Waals surface area contributed by atoms with E-state index < -0.39 is 8.80 Å². The second-order valence-corrected chi connectivity index (χ2v) is 10.3. The van der Waals surface area contributed by atoms with Gasteiger partial charge in [0.05, 0.1) is 5.69 Å². The highest BCUT2D eigenvalue weighted by atomic mass is 28.3. The van der Waals surface area contributed by atoms with E-state index in [1.54, 1.807) is 12.1 Å². The SMILES string of the molecule is C[SiH](C)CCOCn1nccc1-c1ccc(Cc2ccc(O)cc2)cc1. The van der Waals surface area contributed by atoms with Crippen LogP contribution in [0.1, 0.15) is 11.1 Å². The van der Waals surface area contributed by atoms with Crippen LogP contribution in [-0.2, 0) is 17.9 Å². The molecule has 0 fully saturated rings. The first kappa shape index (κ1) is 18.4. The zero-order chi connectivity index (χ0) is 18.4. The first-order chi connectivity index (χ1) is 12.6. The van der Waals surface area contributed by atoms with Crippen LogP contribution in [0.5, 0.6) is 5.75 Å². The van der Waals surface area contributed by atoms with Crippen molar-refractivity contribution >= 4 is 8.80 Å². The van der Waals surface area contributed by atoms with Crippen LogP contribution in [0.2, 0.25) is 19.1 Å². The number of ether oxygens (including phenoxy) is 1. The van der Waals surface area contributed by atoms with Crippen LogP contribution in [-0.4, -0.2) is 30.3 Å². The molecule has 5 heteroatoms. The van der Waals surface area contributed by atoms with E-state index in [9.17, 15) is 5.11 Å². The maximum Gasteiger partial charge on any atom is 0.139 e. The number of aromatic hydroxyl groups is 1. The van der Waals surface area contributed by atoms with Gasteiger partial charge in [0.1, 0.15) is 12.5 Å². The molecule has 26 heavy (non-hydrogen) atoms. The molecule has 136 valence electrons. The topological polar surface area (TPSA) is 47.3 Å². The van der Waals surface area contributed by atoms with Gasteiger partial charge in [-0.05, 0) is 47.4 Å². The van der Waals surface area contributed by atoms with Gasteiger partial charge in [-0.2, -0.15) is 5.10 Å². The average Bonchev–Trinajstić information content (AvgIpc) is 3.10. The normalized spacial score (nSPS) is 11.2. The number of hydrogen-bond acceptors (Lipinski definition) is 3. The fourth-order valence-electron chi connectivity index (χ4n) is 2.79. The molecule has 0 aliphatic heterocycles. The van der Waals surface area contributed by atoms with Crippen molar-refractivity contribution < 1.29 is 9.84 Å². The van der Waals surface area contributed by atoms with E-state index in [1.807, 2.05) is 29.1 Å². The Bertz CT molecular complexity index is 811. The van der Waals surface area contributed by atoms with Crippen LogP contribution in [0, 0.1) is 0 Å². The molecule has 1 N–H and O–H groups in total. The number of benzene rings is 2. The molecule has 1 aromatic heterocycles. The lowest BCUT2D eigenvalue weighted by Crippen LogP contribution is -2.10. The minimum absolute atomic E-state index is 0.301. The summed E-state index contributed by atoms with van der Waals surface area (Å²) in [6, 6.07) is 19.1. The van der Waals surface area contributed by atoms with Gasteiger partial charge in [-0.15, -0.1) is 0 Å². The van der Waals surface area contributed by atoms with E-state index in [2.05, 4.69) is 42.5 Å². The summed E-state index contributed by atoms with van der Waals surface area (Å²) in [7, 11) is -0.560. The summed E-state index contributed by atoms with van der Waals surface area (Å²) in [6.45, 7) is 5.98. The standard InChI is InChI=1S/C21H26N2O2Si/c1-26(2)14-13-25-16-23-21(11-12-22-23)19-7-3-17(4-8-19)15-18-5-9-20(24)10-6-18/h3-12,24,26H,13-16H2,1-2H3. The Morgan fingerprint density at radius 2 is 1.62 bits per heavy atom. The fraction of sp³-hybridized carbons (Fsp3) is 0.286. The third kappa shape index (κ3) is 5.06. The highest BCUT2D eigenvalue weighted by Crippen LogP contribution is 2.21. The molecule has 0 aliphatic rings. The molecule has 0 unspecified atom stereocenters. The zero-order valence-corrected chi connectivity index (χ0v) is 16.6. The van der Waals surface area contributed by atoms with Crippen molar-refractivity contribution in [2.75, 3.05) is 6.61 Å². The molecule has 0 radical (unpaired) electrons. The Hall–Kier alpha value is -2.37. The fourth-order valence-corrected chi connectivity index (χ4v) is 3.43. The molecule has 1 heterocycles. The maximum atomic E-state index is 9.38. The van der Waals surface area contributed by atoms with Crippen molar-refractivity contribution in [3.8, 4) is 17.0 Å². The van der Waals surface area contributed by atoms with Crippen LogP contribution in [0.4, 0.5) is 0 Å². The predicted octanol–water partition coefficient (Wildman–Crippen LogP) is 4.31. The van der Waals surface area contributed by atoms with Gasteiger partial charge in [-0.3, -0.25) is 0 Å². The molecular weight excluding hydrogens is 340 g/mol. The lowest BCUT2D eigenvalue weighted by atomic mass is 10.0. The van der Waals surface area contributed by atoms with Crippen molar-refractivity contribution in [3.05, 3.63) is 71.9 Å². The molecule has 0 saturated heterocycles. The second-order valence-electron chi connectivity index (χ2n) is 6.98. The molecular formula is C21H26N2O2Si. The minimum Gasteiger partial charge on any atom is -0.508 e. The summed E-state index contributed by atoms with van der Waals surface area (Å²) in [4.78, 5) is 0. The Morgan fingerprint density at radius 3 is 2.27 bits per heavy atom. The third-order valence-electron chi connectivity index (χ3n) is 4.36. The molecule has 0 atom stereocenters. The van der Waals surface area contributed by atoms with E-state index in [0.29, 0.717) is 12.5 Å². The van der Waals surface area contributed by atoms with Gasteiger partial charge < -0.3 is 9.84 Å². The van der Waals surface area contributed by atoms with Crippen molar-refractivity contribution in [2.24, 2.45) is 0 Å². The van der Waals surface area contributed by atoms with Gasteiger partial charge in [-0.25, -0.2) is 4.68 Å². The van der Waals surface area contributed by atoms with Crippen molar-refractivity contribution in [1.82, 2.24) is 9.78 Å². The van der Waals surface area contributed by atoms with E-state index in [0.717, 1.165) is 24.3 Å². The lowest BCUT2D eigenvalue weighted by molar-refractivity contribution is 0.0801. The van der Waals surface area contributed by atoms with Gasteiger partial charge in [0.2, 0.25) is 0 Å². The number of phenols is 1. The average molecular weight is 367 g/mol. The van der Waals surface area contributed by atoms with Gasteiger partial charge in [-0.1, -0.05) is 49.5 Å². The highest BCUT2D eigenvalue weighted by Gasteiger charge is 2.06. The first-order valence-corrected chi connectivity index (χ1v) is 12.2. The van der Waals surface area contributed by atoms with E-state index >= 15 is 0 Å². The zero-order valence-electron chi connectivity index (χ0n) is 15.4. The third-order valence-corrected chi connectivity index (χ3v) is 5.75. The van der Waals surface area contributed by atoms with Crippen LogP contribution >= 0.6 is 0 Å². The van der Waals surface area contributed by atoms with Crippen LogP contribution in [0.25, 0.3) is 11.3 Å². The summed E-state index contributed by atoms with van der Waals surface area (Å²) >= 11 is 0. The molecule has 3 rings (SSSR count). The molecule has 0 aliphatic carbocycles. The monoisotopic (exact) mass is 366 g/mol. The molecule has 0 amide bonds. The Balaban J connectivity index is 1.63. The summed E-state index contributed by atoms with van der Waals surface area (Å²) in [5, 5.41) is 13.8. The van der Waals surface area contributed by atoms with E-state index in [1.165, 1.54) is 17.2 Å². The Morgan fingerprint density at radius 1 is 0.962 bits per heavy atom. The number of hydrogen-bond donors (Lipinski definition) is 1. The minimum atomic E-state index is -0.560. The van der Waals surface area contributed by atoms with Crippen molar-refractivity contribution in [1.29, 1.82) is 0 Å². The summed E-state index contributed by atoms with van der Waals surface area (Å²) in [6.07, 6.45) is 2.67. The van der Waals surface area contributed by atoms with E-state index in [4.69, 9.17) is 4.74 Å². The van der Waals surface area contributed by atoms with Gasteiger partial charge in [0, 0.05) is 21.6 Å². The second kappa shape index (κ2) is 8.83. The lowest BCUT2D eigenvalue weighted by Gasteiger charge is -2.10. The molecule has 4 nitrogen and oxygen atoms in total. The molecule has 3 aromatic rings. The number of aromatic nitrogens is 2. The molecule has 0 bridgehead atoms. The number of rotatable bonds is 8. The number of nitrogens with zero attached hydrogens (tertiary/aromatic N) is 2. The molecule has 2 aromatic carbocycles. The van der Waals surface area contributed by atoms with Gasteiger partial charge >= 0.3 is 0 Å². The Kier molecular flexibility index (Phi) is 6.25. The maximum absolute atomic E-state index is 9.38. The molecule has 0 spiro atoms. The summed E-state index contributed by atoms with van der Waals surface area (Å²) in [5.74, 6) is 0.301. The highest BCUT2D eigenvalue weighted by molar-refractivity contribution is 6.55. The van der Waals surface area contributed by atoms with Crippen LogP contribution < -0.4 is 0 Å². The number of phenolic OH excluding ortho intramolecular Hbond substituents is 1. The smallest absolute Gasteiger partial charge is 0.139 e. The predicted molar refractivity (Wildman–Crippen MR) is 108 cm³/mol. The largest absolute Gasteiger partial charge is 0.508 e. The van der Waals surface area contributed by atoms with E-state index in [-0.39, 0.29) is 0 Å². The van der Waals surface area contributed by atoms with Gasteiger partial charge in [0.25, 0.3) is 0 Å². The van der Waals surface area contributed by atoms with Crippen molar-refractivity contribution in [3.63, 3.8) is 0 Å². The van der Waals surface area contributed by atoms with Crippen LogP contribution in [0.3, 0.4) is 0 Å². The quantitative estimate of drug-likeness (QED) is 0.477. The van der Waals surface area contributed by atoms with Crippen LogP contribution in [0.15, 0.2) is 60.8 Å². The molecule has 0 saturated carbocycles. The summed E-state index contributed by atoms with van der Waals surface area (Å²) < 4.78 is 7.69. The van der Waals surface area contributed by atoms with Crippen molar-refractivity contribution in [2.45, 2.75) is 32.3 Å². The Labute approximate surface area is 156 Å².